The van der Waals surface area contributed by atoms with Gasteiger partial charge in [0.25, 0.3) is 0 Å². The topological polar surface area (TPSA) is 55.8 Å². The van der Waals surface area contributed by atoms with Crippen LogP contribution in [0.1, 0.15) is 20.3 Å². The van der Waals surface area contributed by atoms with Crippen molar-refractivity contribution in [3.05, 3.63) is 47.5 Å². The maximum absolute atomic E-state index is 10.8. The highest BCUT2D eigenvalue weighted by Gasteiger charge is 2.43. The van der Waals surface area contributed by atoms with E-state index in [9.17, 15) is 4.79 Å². The molecule has 25 heavy (non-hydrogen) atoms. The lowest BCUT2D eigenvalue weighted by Crippen LogP contribution is -2.06. The molecule has 2 aromatic carbocycles. The van der Waals surface area contributed by atoms with Crippen molar-refractivity contribution in [3.63, 3.8) is 0 Å². The molecule has 0 radical (unpaired) electrons. The first-order valence-corrected chi connectivity index (χ1v) is 8.74. The lowest BCUT2D eigenvalue weighted by molar-refractivity contribution is -0.138. The summed E-state index contributed by atoms with van der Waals surface area (Å²) in [7, 11) is 0. The lowest BCUT2D eigenvalue weighted by Gasteiger charge is -2.13. The van der Waals surface area contributed by atoms with Crippen molar-refractivity contribution in [3.8, 4) is 22.6 Å². The molecule has 0 spiro atoms. The first kappa shape index (κ1) is 17.6. The maximum atomic E-state index is 10.8. The molecule has 2 aromatic rings. The van der Waals surface area contributed by atoms with Gasteiger partial charge in [-0.1, -0.05) is 23.7 Å². The number of rotatable bonds is 7. The van der Waals surface area contributed by atoms with Crippen LogP contribution < -0.4 is 9.47 Å². The highest BCUT2D eigenvalue weighted by atomic mass is 35.5. The first-order chi connectivity index (χ1) is 11.9. The van der Waals surface area contributed by atoms with E-state index in [0.29, 0.717) is 18.1 Å². The Bertz CT molecular complexity index is 755. The number of carboxylic acids is 1. The van der Waals surface area contributed by atoms with Crippen LogP contribution in [0.4, 0.5) is 0 Å². The number of carbonyl (C=O) groups is 1. The van der Waals surface area contributed by atoms with Gasteiger partial charge < -0.3 is 14.6 Å². The van der Waals surface area contributed by atoms with E-state index in [1.807, 2.05) is 56.3 Å². The Balaban J connectivity index is 1.67. The van der Waals surface area contributed by atoms with Crippen LogP contribution >= 0.6 is 11.6 Å². The van der Waals surface area contributed by atoms with Gasteiger partial charge in [-0.15, -0.1) is 0 Å². The van der Waals surface area contributed by atoms with E-state index in [-0.39, 0.29) is 17.9 Å². The molecule has 4 nitrogen and oxygen atoms in total. The van der Waals surface area contributed by atoms with Crippen LogP contribution in [0.25, 0.3) is 11.1 Å². The fourth-order valence-corrected chi connectivity index (χ4v) is 2.97. The Morgan fingerprint density at radius 1 is 1.20 bits per heavy atom. The molecule has 1 fully saturated rings. The van der Waals surface area contributed by atoms with Crippen LogP contribution in [0.3, 0.4) is 0 Å². The third-order valence-corrected chi connectivity index (χ3v) is 4.51. The molecule has 1 saturated carbocycles. The molecule has 0 bridgehead atoms. The summed E-state index contributed by atoms with van der Waals surface area (Å²) in [6.07, 6.45) is 0.799. The van der Waals surface area contributed by atoms with E-state index in [0.717, 1.165) is 22.6 Å². The predicted molar refractivity (Wildman–Crippen MR) is 97.4 cm³/mol. The molecular weight excluding hydrogens is 340 g/mol. The molecule has 2 unspecified atom stereocenters. The van der Waals surface area contributed by atoms with Gasteiger partial charge in [0.1, 0.15) is 11.5 Å². The molecule has 2 atom stereocenters. The predicted octanol–water partition coefficient (Wildman–Crippen LogP) is 4.89. The molecule has 1 N–H and O–H groups in total. The van der Waals surface area contributed by atoms with Gasteiger partial charge in [-0.3, -0.25) is 4.79 Å². The molecule has 5 heteroatoms. The zero-order valence-electron chi connectivity index (χ0n) is 14.2. The molecule has 0 saturated heterocycles. The normalized spacial score (nSPS) is 18.9. The van der Waals surface area contributed by atoms with Crippen molar-refractivity contribution in [1.82, 2.24) is 0 Å². The Kier molecular flexibility index (Phi) is 5.19. The molecule has 132 valence electrons. The van der Waals surface area contributed by atoms with Crippen molar-refractivity contribution < 1.29 is 19.4 Å². The molecule has 0 heterocycles. The average molecular weight is 361 g/mol. The highest BCUT2D eigenvalue weighted by molar-refractivity contribution is 6.33. The van der Waals surface area contributed by atoms with Gasteiger partial charge >= 0.3 is 5.97 Å². The van der Waals surface area contributed by atoms with E-state index in [1.54, 1.807) is 0 Å². The van der Waals surface area contributed by atoms with E-state index in [2.05, 4.69) is 0 Å². The number of aliphatic carboxylic acids is 1. The van der Waals surface area contributed by atoms with Gasteiger partial charge in [0.2, 0.25) is 0 Å². The third-order valence-electron chi connectivity index (χ3n) is 4.18. The quantitative estimate of drug-likeness (QED) is 0.763. The minimum absolute atomic E-state index is 0.0989. The third kappa shape index (κ3) is 4.45. The minimum Gasteiger partial charge on any atom is -0.493 e. The number of benzene rings is 2. The second-order valence-electron chi connectivity index (χ2n) is 6.58. The van der Waals surface area contributed by atoms with E-state index in [4.69, 9.17) is 26.2 Å². The average Bonchev–Trinajstić information content (AvgIpc) is 3.35. The number of carboxylic acid groups (broad SMARTS) is 1. The first-order valence-electron chi connectivity index (χ1n) is 8.36. The summed E-state index contributed by atoms with van der Waals surface area (Å²) in [5, 5.41) is 9.57. The van der Waals surface area contributed by atoms with E-state index < -0.39 is 5.97 Å². The number of halogens is 1. The van der Waals surface area contributed by atoms with Crippen molar-refractivity contribution in [2.45, 2.75) is 26.4 Å². The summed E-state index contributed by atoms with van der Waals surface area (Å²) >= 11 is 6.32. The highest BCUT2D eigenvalue weighted by Crippen LogP contribution is 2.39. The number of hydrogen-bond donors (Lipinski definition) is 1. The minimum atomic E-state index is -0.734. The summed E-state index contributed by atoms with van der Waals surface area (Å²) in [6, 6.07) is 13.3. The molecule has 0 aromatic heterocycles. The smallest absolute Gasteiger partial charge is 0.306 e. The molecule has 0 aliphatic heterocycles. The van der Waals surface area contributed by atoms with Crippen LogP contribution in [0.5, 0.6) is 11.5 Å². The van der Waals surface area contributed by atoms with Crippen LogP contribution in [-0.4, -0.2) is 23.8 Å². The van der Waals surface area contributed by atoms with Gasteiger partial charge in [0.15, 0.2) is 0 Å². The van der Waals surface area contributed by atoms with Gasteiger partial charge in [0.05, 0.1) is 18.6 Å². The maximum Gasteiger partial charge on any atom is 0.306 e. The van der Waals surface area contributed by atoms with Crippen LogP contribution in [-0.2, 0) is 4.79 Å². The zero-order chi connectivity index (χ0) is 18.0. The number of ether oxygens (including phenoxy) is 2. The van der Waals surface area contributed by atoms with Crippen LogP contribution in [0.15, 0.2) is 42.5 Å². The van der Waals surface area contributed by atoms with Gasteiger partial charge in [0, 0.05) is 16.5 Å². The van der Waals surface area contributed by atoms with Crippen molar-refractivity contribution in [2.75, 3.05) is 6.61 Å². The second-order valence-corrected chi connectivity index (χ2v) is 6.99. The van der Waals surface area contributed by atoms with Gasteiger partial charge in [-0.05, 0) is 56.2 Å². The molecular formula is C20H21ClO4. The Morgan fingerprint density at radius 3 is 2.48 bits per heavy atom. The van der Waals surface area contributed by atoms with Crippen molar-refractivity contribution in [2.24, 2.45) is 11.8 Å². The Morgan fingerprint density at radius 2 is 1.88 bits per heavy atom. The summed E-state index contributed by atoms with van der Waals surface area (Å²) in [4.78, 5) is 10.8. The number of hydrogen-bond acceptors (Lipinski definition) is 3. The molecule has 3 rings (SSSR count). The fourth-order valence-electron chi connectivity index (χ4n) is 2.74. The van der Waals surface area contributed by atoms with Crippen LogP contribution in [0.2, 0.25) is 5.02 Å². The SMILES string of the molecule is CC(C)Oc1ccc(Cl)c(-c2ccc(OCC3CC3C(=O)O)cc2)c1. The summed E-state index contributed by atoms with van der Waals surface area (Å²) < 4.78 is 11.4. The van der Waals surface area contributed by atoms with Crippen LogP contribution in [0, 0.1) is 11.8 Å². The fraction of sp³-hybridized carbons (Fsp3) is 0.350. The Hall–Kier alpha value is -2.20. The summed E-state index contributed by atoms with van der Waals surface area (Å²) in [6.45, 7) is 4.40. The van der Waals surface area contributed by atoms with Gasteiger partial charge in [-0.2, -0.15) is 0 Å². The second kappa shape index (κ2) is 7.36. The van der Waals surface area contributed by atoms with Gasteiger partial charge in [-0.25, -0.2) is 0 Å². The largest absolute Gasteiger partial charge is 0.493 e. The molecule has 1 aliphatic carbocycles. The lowest BCUT2D eigenvalue weighted by atomic mass is 10.1. The van der Waals surface area contributed by atoms with E-state index >= 15 is 0 Å². The summed E-state index contributed by atoms with van der Waals surface area (Å²) in [5.74, 6) is 0.647. The monoisotopic (exact) mass is 360 g/mol. The Labute approximate surface area is 152 Å². The van der Waals surface area contributed by atoms with Crippen molar-refractivity contribution in [1.29, 1.82) is 0 Å². The van der Waals surface area contributed by atoms with E-state index in [1.165, 1.54) is 0 Å². The summed E-state index contributed by atoms with van der Waals surface area (Å²) in [5.41, 5.74) is 1.88. The van der Waals surface area contributed by atoms with Crippen molar-refractivity contribution >= 4 is 17.6 Å². The molecule has 1 aliphatic rings. The zero-order valence-corrected chi connectivity index (χ0v) is 15.0. The standard InChI is InChI=1S/C20H21ClO4/c1-12(2)25-16-7-8-19(21)17(10-16)13-3-5-15(6-4-13)24-11-14-9-18(14)20(22)23/h3-8,10,12,14,18H,9,11H2,1-2H3,(H,22,23). The molecule has 0 amide bonds.